The Balaban J connectivity index is 1.49. The molecule has 3 aromatic rings. The summed E-state index contributed by atoms with van der Waals surface area (Å²) in [6, 6.07) is 9.88. The monoisotopic (exact) mass is 412 g/mol. The van der Waals surface area contributed by atoms with Gasteiger partial charge in [-0.1, -0.05) is 34.8 Å². The molecule has 4 rings (SSSR count). The summed E-state index contributed by atoms with van der Waals surface area (Å²) in [6.45, 7) is 6.12. The van der Waals surface area contributed by atoms with E-state index in [4.69, 9.17) is 0 Å². The van der Waals surface area contributed by atoms with Gasteiger partial charge in [-0.3, -0.25) is 9.36 Å². The van der Waals surface area contributed by atoms with E-state index in [0.717, 1.165) is 35.8 Å². The third-order valence-electron chi connectivity index (χ3n) is 5.44. The summed E-state index contributed by atoms with van der Waals surface area (Å²) < 4.78 is 7.18. The number of nitrogens with zero attached hydrogens (tertiary/aromatic N) is 6. The largest absolute Gasteiger partial charge is 0.346 e. The van der Waals surface area contributed by atoms with E-state index in [0.29, 0.717) is 36.8 Å². The molecule has 9 heteroatoms. The van der Waals surface area contributed by atoms with Crippen LogP contribution in [-0.4, -0.2) is 47.8 Å². The Kier molecular flexibility index (Phi) is 5.57. The van der Waals surface area contributed by atoms with E-state index < -0.39 is 0 Å². The first-order valence-corrected chi connectivity index (χ1v) is 10.7. The summed E-state index contributed by atoms with van der Waals surface area (Å²) in [6.07, 6.45) is 1.58. The predicted octanol–water partition coefficient (Wildman–Crippen LogP) is 2.29. The highest BCUT2D eigenvalue weighted by molar-refractivity contribution is 7.07. The van der Waals surface area contributed by atoms with Gasteiger partial charge in [-0.15, -0.1) is 5.10 Å². The minimum atomic E-state index is -0.0729. The number of amides is 1. The van der Waals surface area contributed by atoms with Gasteiger partial charge in [0, 0.05) is 25.6 Å². The maximum atomic E-state index is 12.8. The van der Waals surface area contributed by atoms with E-state index in [-0.39, 0.29) is 17.5 Å². The topological polar surface area (TPSA) is 85.9 Å². The van der Waals surface area contributed by atoms with E-state index in [2.05, 4.69) is 14.7 Å². The highest BCUT2D eigenvalue weighted by Gasteiger charge is 2.30. The second-order valence-electron chi connectivity index (χ2n) is 7.28. The van der Waals surface area contributed by atoms with Gasteiger partial charge < -0.3 is 4.90 Å². The predicted molar refractivity (Wildman–Crippen MR) is 110 cm³/mol. The molecule has 1 amide bonds. The van der Waals surface area contributed by atoms with Crippen molar-refractivity contribution in [1.29, 1.82) is 0 Å². The summed E-state index contributed by atoms with van der Waals surface area (Å²) >= 11 is 1.15. The molecule has 0 radical (unpaired) electrons. The second kappa shape index (κ2) is 8.28. The number of rotatable bonds is 5. The zero-order valence-electron chi connectivity index (χ0n) is 16.6. The molecule has 0 atom stereocenters. The van der Waals surface area contributed by atoms with Crippen LogP contribution in [0.15, 0.2) is 35.1 Å². The first-order valence-electron chi connectivity index (χ1n) is 9.88. The van der Waals surface area contributed by atoms with Crippen LogP contribution in [0.5, 0.6) is 0 Å². The van der Waals surface area contributed by atoms with E-state index in [1.165, 1.54) is 0 Å². The maximum Gasteiger partial charge on any atom is 0.346 e. The average molecular weight is 413 g/mol. The molecule has 0 saturated carbocycles. The molecule has 1 aliphatic rings. The molecule has 0 unspecified atom stereocenters. The van der Waals surface area contributed by atoms with Gasteiger partial charge in [0.05, 0.1) is 12.2 Å². The summed E-state index contributed by atoms with van der Waals surface area (Å²) in [5.41, 5.74) is 1.66. The van der Waals surface area contributed by atoms with E-state index in [1.54, 1.807) is 9.25 Å². The molecule has 0 N–H and O–H groups in total. The Morgan fingerprint density at radius 3 is 2.55 bits per heavy atom. The SMILES string of the molecule is CCn1c(C2CCN(C(=O)c3snnc3C)CC2)nn(Cc2ccccc2)c1=O. The van der Waals surface area contributed by atoms with Crippen LogP contribution < -0.4 is 5.69 Å². The van der Waals surface area contributed by atoms with Gasteiger partial charge in [-0.05, 0) is 43.8 Å². The summed E-state index contributed by atoms with van der Waals surface area (Å²) in [7, 11) is 0. The molecule has 0 spiro atoms. The van der Waals surface area contributed by atoms with E-state index in [1.807, 2.05) is 49.1 Å². The van der Waals surface area contributed by atoms with Crippen molar-refractivity contribution < 1.29 is 4.79 Å². The summed E-state index contributed by atoms with van der Waals surface area (Å²) in [5, 5.41) is 8.61. The lowest BCUT2D eigenvalue weighted by Crippen LogP contribution is -2.38. The highest BCUT2D eigenvalue weighted by Crippen LogP contribution is 2.27. The van der Waals surface area contributed by atoms with E-state index >= 15 is 0 Å². The molecule has 0 aliphatic carbocycles. The Hall–Kier alpha value is -2.81. The average Bonchev–Trinajstić information content (AvgIpc) is 3.31. The van der Waals surface area contributed by atoms with Gasteiger partial charge >= 0.3 is 5.69 Å². The Labute approximate surface area is 172 Å². The molecule has 0 bridgehead atoms. The van der Waals surface area contributed by atoms with Crippen LogP contribution >= 0.6 is 11.5 Å². The third-order valence-corrected chi connectivity index (χ3v) is 6.25. The first kappa shape index (κ1) is 19.5. The van der Waals surface area contributed by atoms with Gasteiger partial charge in [0.2, 0.25) is 0 Å². The van der Waals surface area contributed by atoms with Crippen molar-refractivity contribution in [2.24, 2.45) is 0 Å². The minimum Gasteiger partial charge on any atom is -0.338 e. The molecular weight excluding hydrogens is 388 g/mol. The van der Waals surface area contributed by atoms with Crippen LogP contribution in [-0.2, 0) is 13.1 Å². The van der Waals surface area contributed by atoms with Crippen molar-refractivity contribution in [3.05, 3.63) is 62.8 Å². The van der Waals surface area contributed by atoms with E-state index in [9.17, 15) is 9.59 Å². The summed E-state index contributed by atoms with van der Waals surface area (Å²) in [5.74, 6) is 0.999. The standard InChI is InChI=1S/C20H24N6O2S/c1-3-25-18(22-26(20(25)28)13-15-7-5-4-6-8-15)16-9-11-24(12-10-16)19(27)17-14(2)21-23-29-17/h4-8,16H,3,9-13H2,1-2H3. The van der Waals surface area contributed by atoms with Crippen molar-refractivity contribution in [2.75, 3.05) is 13.1 Å². The fourth-order valence-corrected chi connectivity index (χ4v) is 4.45. The van der Waals surface area contributed by atoms with Crippen LogP contribution in [0.3, 0.4) is 0 Å². The molecule has 1 saturated heterocycles. The molecule has 1 aromatic carbocycles. The zero-order valence-corrected chi connectivity index (χ0v) is 17.4. The second-order valence-corrected chi connectivity index (χ2v) is 8.04. The molecule has 8 nitrogen and oxygen atoms in total. The number of carbonyl (C=O) groups is 1. The van der Waals surface area contributed by atoms with Crippen molar-refractivity contribution in [3.63, 3.8) is 0 Å². The maximum absolute atomic E-state index is 12.8. The number of benzene rings is 1. The number of carbonyl (C=O) groups excluding carboxylic acids is 1. The smallest absolute Gasteiger partial charge is 0.338 e. The molecule has 29 heavy (non-hydrogen) atoms. The minimum absolute atomic E-state index is 0.00145. The molecule has 152 valence electrons. The quantitative estimate of drug-likeness (QED) is 0.642. The molecule has 2 aromatic heterocycles. The molecular formula is C20H24N6O2S. The lowest BCUT2D eigenvalue weighted by molar-refractivity contribution is 0.0714. The highest BCUT2D eigenvalue weighted by atomic mass is 32.1. The number of hydrogen-bond donors (Lipinski definition) is 0. The fourth-order valence-electron chi connectivity index (χ4n) is 3.83. The zero-order chi connectivity index (χ0) is 20.4. The first-order chi connectivity index (χ1) is 14.1. The summed E-state index contributed by atoms with van der Waals surface area (Å²) in [4.78, 5) is 28.0. The van der Waals surface area contributed by atoms with Gasteiger partial charge in [-0.25, -0.2) is 9.48 Å². The lowest BCUT2D eigenvalue weighted by atomic mass is 9.95. The van der Waals surface area contributed by atoms with Crippen molar-refractivity contribution in [2.45, 2.75) is 45.7 Å². The molecule has 3 heterocycles. The Bertz CT molecular complexity index is 1050. The van der Waals surface area contributed by atoms with Crippen LogP contribution in [0, 0.1) is 6.92 Å². The number of aryl methyl sites for hydroxylation is 1. The van der Waals surface area contributed by atoms with Crippen molar-refractivity contribution in [3.8, 4) is 0 Å². The number of hydrogen-bond acceptors (Lipinski definition) is 6. The van der Waals surface area contributed by atoms with Crippen molar-refractivity contribution in [1.82, 2.24) is 28.8 Å². The van der Waals surface area contributed by atoms with Crippen LogP contribution in [0.2, 0.25) is 0 Å². The number of likely N-dealkylation sites (tertiary alicyclic amines) is 1. The van der Waals surface area contributed by atoms with Crippen LogP contribution in [0.25, 0.3) is 0 Å². The van der Waals surface area contributed by atoms with Crippen molar-refractivity contribution >= 4 is 17.4 Å². The molecule has 1 fully saturated rings. The number of piperidine rings is 1. The molecule has 1 aliphatic heterocycles. The van der Waals surface area contributed by atoms with Crippen LogP contribution in [0.4, 0.5) is 0 Å². The van der Waals surface area contributed by atoms with Gasteiger partial charge in [0.25, 0.3) is 5.91 Å². The van der Waals surface area contributed by atoms with Crippen LogP contribution in [0.1, 0.15) is 52.4 Å². The third kappa shape index (κ3) is 3.87. The normalized spacial score (nSPS) is 15.0. The van der Waals surface area contributed by atoms with Gasteiger partial charge in [0.1, 0.15) is 10.7 Å². The number of aromatic nitrogens is 5. The fraction of sp³-hybridized carbons (Fsp3) is 0.450. The van der Waals surface area contributed by atoms with Gasteiger partial charge in [-0.2, -0.15) is 5.10 Å². The Morgan fingerprint density at radius 1 is 1.21 bits per heavy atom. The lowest BCUT2D eigenvalue weighted by Gasteiger charge is -2.31. The Morgan fingerprint density at radius 2 is 1.93 bits per heavy atom. The van der Waals surface area contributed by atoms with Gasteiger partial charge in [0.15, 0.2) is 0 Å².